The van der Waals surface area contributed by atoms with E-state index in [1.807, 2.05) is 38.1 Å². The molecule has 0 aliphatic carbocycles. The number of fused-ring (bicyclic) bond motifs is 1. The van der Waals surface area contributed by atoms with Crippen molar-refractivity contribution >= 4 is 23.4 Å². The van der Waals surface area contributed by atoms with Crippen LogP contribution in [0, 0.1) is 6.92 Å². The van der Waals surface area contributed by atoms with Gasteiger partial charge in [-0.05, 0) is 37.5 Å². The van der Waals surface area contributed by atoms with E-state index >= 15 is 0 Å². The highest BCUT2D eigenvalue weighted by atomic mass is 16.2. The molecule has 0 fully saturated rings. The van der Waals surface area contributed by atoms with Gasteiger partial charge in [0.1, 0.15) is 5.82 Å². The molecule has 1 aromatic heterocycles. The molecule has 126 valence electrons. The fourth-order valence-electron chi connectivity index (χ4n) is 2.83. The van der Waals surface area contributed by atoms with Crippen molar-refractivity contribution in [2.24, 2.45) is 7.05 Å². The minimum atomic E-state index is -0.281. The van der Waals surface area contributed by atoms with Gasteiger partial charge in [0.2, 0.25) is 5.91 Å². The molecule has 3 rings (SSSR count). The number of aromatic nitrogens is 2. The number of benzene rings is 1. The van der Waals surface area contributed by atoms with Gasteiger partial charge < -0.3 is 10.6 Å². The number of nitrogens with zero attached hydrogens (tertiary/aromatic N) is 2. The lowest BCUT2D eigenvalue weighted by molar-refractivity contribution is -0.116. The summed E-state index contributed by atoms with van der Waals surface area (Å²) in [6, 6.07) is 7.23. The third-order valence-corrected chi connectivity index (χ3v) is 4.12. The van der Waals surface area contributed by atoms with Gasteiger partial charge in [-0.2, -0.15) is 5.10 Å². The summed E-state index contributed by atoms with van der Waals surface area (Å²) in [6.07, 6.45) is 1.22. The van der Waals surface area contributed by atoms with Crippen LogP contribution < -0.4 is 16.0 Å². The zero-order chi connectivity index (χ0) is 17.3. The number of hydrogen-bond acceptors (Lipinski definition) is 3. The van der Waals surface area contributed by atoms with E-state index in [-0.39, 0.29) is 18.0 Å². The molecule has 1 aliphatic rings. The van der Waals surface area contributed by atoms with E-state index in [0.29, 0.717) is 12.2 Å². The maximum absolute atomic E-state index is 12.2. The summed E-state index contributed by atoms with van der Waals surface area (Å²) in [4.78, 5) is 23.6. The first-order valence-corrected chi connectivity index (χ1v) is 7.93. The first-order chi connectivity index (χ1) is 11.4. The van der Waals surface area contributed by atoms with E-state index in [4.69, 9.17) is 0 Å². The maximum atomic E-state index is 12.2. The van der Waals surface area contributed by atoms with E-state index in [9.17, 15) is 9.59 Å². The van der Waals surface area contributed by atoms with Gasteiger partial charge in [-0.15, -0.1) is 0 Å². The van der Waals surface area contributed by atoms with Crippen LogP contribution in [-0.2, 0) is 18.3 Å². The van der Waals surface area contributed by atoms with E-state index in [0.717, 1.165) is 28.9 Å². The predicted molar refractivity (Wildman–Crippen MR) is 91.9 cm³/mol. The first kappa shape index (κ1) is 16.0. The topological polar surface area (TPSA) is 88.0 Å². The fourth-order valence-corrected chi connectivity index (χ4v) is 2.83. The number of urea groups is 1. The van der Waals surface area contributed by atoms with E-state index in [2.05, 4.69) is 21.0 Å². The van der Waals surface area contributed by atoms with Gasteiger partial charge in [0, 0.05) is 25.2 Å². The summed E-state index contributed by atoms with van der Waals surface area (Å²) < 4.78 is 1.63. The number of hydrogen-bond donors (Lipinski definition) is 3. The second-order valence-corrected chi connectivity index (χ2v) is 6.08. The molecular formula is C17H21N5O2. The van der Waals surface area contributed by atoms with Gasteiger partial charge in [-0.1, -0.05) is 12.1 Å². The monoisotopic (exact) mass is 327 g/mol. The van der Waals surface area contributed by atoms with Crippen LogP contribution in [0.5, 0.6) is 0 Å². The molecule has 7 heteroatoms. The van der Waals surface area contributed by atoms with Crippen molar-refractivity contribution in [1.29, 1.82) is 0 Å². The van der Waals surface area contributed by atoms with Crippen molar-refractivity contribution in [3.63, 3.8) is 0 Å². The lowest BCUT2D eigenvalue weighted by Gasteiger charge is -2.20. The second kappa shape index (κ2) is 6.35. The molecule has 3 amide bonds. The molecule has 0 saturated carbocycles. The summed E-state index contributed by atoms with van der Waals surface area (Å²) >= 11 is 0. The Bertz CT molecular complexity index is 796. The Hall–Kier alpha value is -2.83. The molecule has 1 aliphatic heterocycles. The standard InChI is InChI=1S/C17H21N5O2/c1-10-8-15(22(3)21-10)20-17(24)18-11(2)12-4-6-14-13(9-12)5-7-16(23)19-14/h4,6,8-9,11H,5,7H2,1-3H3,(H,19,23)(H2,18,20,24)/t11-/m0/s1. The number of amides is 3. The molecule has 0 bridgehead atoms. The van der Waals surface area contributed by atoms with Crippen molar-refractivity contribution in [3.8, 4) is 0 Å². The van der Waals surface area contributed by atoms with Crippen molar-refractivity contribution in [3.05, 3.63) is 41.1 Å². The summed E-state index contributed by atoms with van der Waals surface area (Å²) in [5, 5.41) is 12.8. The minimum absolute atomic E-state index is 0.0484. The normalized spacial score (nSPS) is 14.5. The summed E-state index contributed by atoms with van der Waals surface area (Å²) in [6.45, 7) is 3.80. The van der Waals surface area contributed by atoms with Gasteiger partial charge in [0.15, 0.2) is 0 Å². The zero-order valence-electron chi connectivity index (χ0n) is 14.0. The molecule has 0 unspecified atom stereocenters. The number of carbonyl (C=O) groups excluding carboxylic acids is 2. The van der Waals surface area contributed by atoms with Crippen LogP contribution in [0.25, 0.3) is 0 Å². The van der Waals surface area contributed by atoms with Gasteiger partial charge in [0.25, 0.3) is 0 Å². The molecule has 2 aromatic rings. The number of rotatable bonds is 3. The van der Waals surface area contributed by atoms with Crippen LogP contribution in [0.3, 0.4) is 0 Å². The highest BCUT2D eigenvalue weighted by Gasteiger charge is 2.17. The molecule has 0 saturated heterocycles. The second-order valence-electron chi connectivity index (χ2n) is 6.08. The Balaban J connectivity index is 1.66. The van der Waals surface area contributed by atoms with E-state index in [1.165, 1.54) is 0 Å². The van der Waals surface area contributed by atoms with Crippen LogP contribution in [-0.4, -0.2) is 21.7 Å². The number of anilines is 2. The molecule has 0 spiro atoms. The lowest BCUT2D eigenvalue weighted by atomic mass is 9.98. The number of carbonyl (C=O) groups is 2. The molecule has 1 atom stereocenters. The molecule has 7 nitrogen and oxygen atoms in total. The first-order valence-electron chi connectivity index (χ1n) is 7.93. The van der Waals surface area contributed by atoms with Crippen LogP contribution in [0.1, 0.15) is 36.2 Å². The Labute approximate surface area is 140 Å². The van der Waals surface area contributed by atoms with E-state index in [1.54, 1.807) is 11.7 Å². The molecule has 24 heavy (non-hydrogen) atoms. The quantitative estimate of drug-likeness (QED) is 0.809. The van der Waals surface area contributed by atoms with Gasteiger partial charge >= 0.3 is 6.03 Å². The maximum Gasteiger partial charge on any atom is 0.320 e. The van der Waals surface area contributed by atoms with Crippen molar-refractivity contribution in [1.82, 2.24) is 15.1 Å². The van der Waals surface area contributed by atoms with Crippen molar-refractivity contribution in [2.45, 2.75) is 32.7 Å². The Kier molecular flexibility index (Phi) is 4.24. The van der Waals surface area contributed by atoms with Gasteiger partial charge in [-0.25, -0.2) is 4.79 Å². The largest absolute Gasteiger partial charge is 0.331 e. The Morgan fingerprint density at radius 3 is 2.83 bits per heavy atom. The average molecular weight is 327 g/mol. The lowest BCUT2D eigenvalue weighted by Crippen LogP contribution is -2.32. The minimum Gasteiger partial charge on any atom is -0.331 e. The zero-order valence-corrected chi connectivity index (χ0v) is 14.0. The van der Waals surface area contributed by atoms with Crippen LogP contribution in [0.2, 0.25) is 0 Å². The summed E-state index contributed by atoms with van der Waals surface area (Å²) in [5.74, 6) is 0.692. The highest BCUT2D eigenvalue weighted by Crippen LogP contribution is 2.26. The molecule has 2 heterocycles. The summed E-state index contributed by atoms with van der Waals surface area (Å²) in [5.41, 5.74) is 3.80. The summed E-state index contributed by atoms with van der Waals surface area (Å²) in [7, 11) is 1.78. The molecule has 0 radical (unpaired) electrons. The Morgan fingerprint density at radius 1 is 1.33 bits per heavy atom. The van der Waals surface area contributed by atoms with Crippen LogP contribution in [0.4, 0.5) is 16.3 Å². The molecule has 3 N–H and O–H groups in total. The molecular weight excluding hydrogens is 306 g/mol. The smallest absolute Gasteiger partial charge is 0.320 e. The van der Waals surface area contributed by atoms with Crippen LogP contribution >= 0.6 is 0 Å². The Morgan fingerprint density at radius 2 is 2.12 bits per heavy atom. The average Bonchev–Trinajstić information content (AvgIpc) is 2.84. The number of nitrogens with one attached hydrogen (secondary N) is 3. The highest BCUT2D eigenvalue weighted by molar-refractivity contribution is 5.94. The SMILES string of the molecule is Cc1cc(NC(=O)N[C@@H](C)c2ccc3c(c2)CCC(=O)N3)n(C)n1. The predicted octanol–water partition coefficient (Wildman–Crippen LogP) is 2.50. The van der Waals surface area contributed by atoms with Crippen LogP contribution in [0.15, 0.2) is 24.3 Å². The van der Waals surface area contributed by atoms with Gasteiger partial charge in [0.05, 0.1) is 11.7 Å². The van der Waals surface area contributed by atoms with E-state index < -0.39 is 0 Å². The third-order valence-electron chi connectivity index (χ3n) is 4.12. The van der Waals surface area contributed by atoms with Gasteiger partial charge in [-0.3, -0.25) is 14.8 Å². The van der Waals surface area contributed by atoms with Crippen molar-refractivity contribution < 1.29 is 9.59 Å². The molecule has 1 aromatic carbocycles. The number of aryl methyl sites for hydroxylation is 3. The fraction of sp³-hybridized carbons (Fsp3) is 0.353. The van der Waals surface area contributed by atoms with Crippen molar-refractivity contribution in [2.75, 3.05) is 10.6 Å². The third kappa shape index (κ3) is 3.40.